The molecule has 88 valence electrons. The molecule has 2 nitrogen and oxygen atoms in total. The third kappa shape index (κ3) is 2.35. The molecule has 0 unspecified atom stereocenters. The topological polar surface area (TPSA) is 18.5 Å². The Hall–Kier alpha value is -0.280. The molecule has 0 N–H and O–H groups in total. The first kappa shape index (κ1) is 12.2. The van der Waals surface area contributed by atoms with Crippen molar-refractivity contribution in [3.63, 3.8) is 0 Å². The predicted octanol–water partition coefficient (Wildman–Crippen LogP) is 4.21. The summed E-state index contributed by atoms with van der Waals surface area (Å²) in [7, 11) is 0. The van der Waals surface area contributed by atoms with Crippen LogP contribution < -0.4 is 0 Å². The molecular formula is C12H14Cl2O2. The summed E-state index contributed by atoms with van der Waals surface area (Å²) in [4.78, 5) is 0. The second-order valence-electron chi connectivity index (χ2n) is 4.43. The van der Waals surface area contributed by atoms with E-state index in [1.807, 2.05) is 32.9 Å². The van der Waals surface area contributed by atoms with Crippen molar-refractivity contribution in [1.82, 2.24) is 0 Å². The Morgan fingerprint density at radius 2 is 1.88 bits per heavy atom. The Balaban J connectivity index is 2.31. The minimum atomic E-state index is -0.562. The summed E-state index contributed by atoms with van der Waals surface area (Å²) in [6.07, 6.45) is -0.159. The van der Waals surface area contributed by atoms with Crippen molar-refractivity contribution in [1.29, 1.82) is 0 Å². The van der Waals surface area contributed by atoms with Crippen molar-refractivity contribution in [2.45, 2.75) is 38.8 Å². The zero-order valence-electron chi connectivity index (χ0n) is 9.46. The largest absolute Gasteiger partial charge is 0.344 e. The van der Waals surface area contributed by atoms with Gasteiger partial charge in [-0.1, -0.05) is 29.3 Å². The van der Waals surface area contributed by atoms with E-state index in [2.05, 4.69) is 0 Å². The molecule has 4 heteroatoms. The highest BCUT2D eigenvalue weighted by Crippen LogP contribution is 2.40. The minimum Gasteiger partial charge on any atom is -0.344 e. The molecule has 1 aliphatic heterocycles. The van der Waals surface area contributed by atoms with Gasteiger partial charge in [-0.2, -0.15) is 0 Å². The van der Waals surface area contributed by atoms with Gasteiger partial charge in [0.05, 0.1) is 6.10 Å². The van der Waals surface area contributed by atoms with Crippen molar-refractivity contribution in [2.24, 2.45) is 0 Å². The summed E-state index contributed by atoms with van der Waals surface area (Å²) < 4.78 is 11.5. The highest BCUT2D eigenvalue weighted by molar-refractivity contribution is 6.35. The fraction of sp³-hybridized carbons (Fsp3) is 0.500. The van der Waals surface area contributed by atoms with Crippen molar-refractivity contribution >= 4 is 23.2 Å². The zero-order chi connectivity index (χ0) is 11.9. The summed E-state index contributed by atoms with van der Waals surface area (Å²) in [6, 6.07) is 5.42. The smallest absolute Gasteiger partial charge is 0.164 e. The molecule has 1 aromatic rings. The van der Waals surface area contributed by atoms with E-state index < -0.39 is 5.79 Å². The van der Waals surface area contributed by atoms with Crippen molar-refractivity contribution in [3.05, 3.63) is 33.8 Å². The number of rotatable bonds is 1. The van der Waals surface area contributed by atoms with Crippen molar-refractivity contribution < 1.29 is 9.47 Å². The van der Waals surface area contributed by atoms with Gasteiger partial charge >= 0.3 is 0 Å². The quantitative estimate of drug-likeness (QED) is 0.754. The van der Waals surface area contributed by atoms with Gasteiger partial charge in [0.15, 0.2) is 5.79 Å². The molecule has 0 bridgehead atoms. The SMILES string of the molecule is C[C@H]1OC(C)(C)O[C@@H]1c1ccc(Cl)cc1Cl. The van der Waals surface area contributed by atoms with Gasteiger partial charge in [-0.05, 0) is 32.9 Å². The maximum atomic E-state index is 6.15. The second-order valence-corrected chi connectivity index (χ2v) is 5.27. The molecule has 2 atom stereocenters. The molecule has 1 aliphatic rings. The van der Waals surface area contributed by atoms with E-state index >= 15 is 0 Å². The van der Waals surface area contributed by atoms with Gasteiger partial charge in [0.25, 0.3) is 0 Å². The molecule has 0 spiro atoms. The van der Waals surface area contributed by atoms with Crippen LogP contribution in [0.25, 0.3) is 0 Å². The molecule has 0 amide bonds. The number of hydrogen-bond donors (Lipinski definition) is 0. The van der Waals surface area contributed by atoms with E-state index in [4.69, 9.17) is 32.7 Å². The molecule has 1 aromatic carbocycles. The number of hydrogen-bond acceptors (Lipinski definition) is 2. The van der Waals surface area contributed by atoms with E-state index in [1.165, 1.54) is 0 Å². The van der Waals surface area contributed by atoms with Crippen LogP contribution in [0.4, 0.5) is 0 Å². The molecular weight excluding hydrogens is 247 g/mol. The molecule has 16 heavy (non-hydrogen) atoms. The fourth-order valence-electron chi connectivity index (χ4n) is 1.99. The summed E-state index contributed by atoms with van der Waals surface area (Å²) in [5.74, 6) is -0.562. The van der Waals surface area contributed by atoms with Crippen molar-refractivity contribution in [3.8, 4) is 0 Å². The predicted molar refractivity (Wildman–Crippen MR) is 64.9 cm³/mol. The third-order valence-electron chi connectivity index (χ3n) is 2.58. The van der Waals surface area contributed by atoms with Gasteiger partial charge in [0, 0.05) is 15.6 Å². The highest BCUT2D eigenvalue weighted by atomic mass is 35.5. The summed E-state index contributed by atoms with van der Waals surface area (Å²) in [6.45, 7) is 5.77. The van der Waals surface area contributed by atoms with Crippen LogP contribution in [0.2, 0.25) is 10.0 Å². The molecule has 0 aliphatic carbocycles. The average Bonchev–Trinajstić information content (AvgIpc) is 2.39. The first-order valence-corrected chi connectivity index (χ1v) is 5.95. The van der Waals surface area contributed by atoms with E-state index in [1.54, 1.807) is 6.07 Å². The maximum absolute atomic E-state index is 6.15. The molecule has 1 saturated heterocycles. The first-order chi connectivity index (χ1) is 7.39. The van der Waals surface area contributed by atoms with Crippen LogP contribution in [0.5, 0.6) is 0 Å². The number of halogens is 2. The van der Waals surface area contributed by atoms with Crippen molar-refractivity contribution in [2.75, 3.05) is 0 Å². The van der Waals surface area contributed by atoms with Crippen LogP contribution in [0.3, 0.4) is 0 Å². The number of benzene rings is 1. The van der Waals surface area contributed by atoms with E-state index in [-0.39, 0.29) is 12.2 Å². The Kier molecular flexibility index (Phi) is 3.19. The summed E-state index contributed by atoms with van der Waals surface area (Å²) >= 11 is 12.0. The fourth-order valence-corrected chi connectivity index (χ4v) is 2.50. The highest BCUT2D eigenvalue weighted by Gasteiger charge is 2.40. The standard InChI is InChI=1S/C12H14Cl2O2/c1-7-11(16-12(2,3)15-7)9-5-4-8(13)6-10(9)14/h4-7,11H,1-3H3/t7-,11+/m1/s1. The van der Waals surface area contributed by atoms with Gasteiger partial charge in [-0.25, -0.2) is 0 Å². The lowest BCUT2D eigenvalue weighted by molar-refractivity contribution is -0.145. The zero-order valence-corrected chi connectivity index (χ0v) is 11.0. The monoisotopic (exact) mass is 260 g/mol. The number of ether oxygens (including phenoxy) is 2. The van der Waals surface area contributed by atoms with Crippen LogP contribution in [0.15, 0.2) is 18.2 Å². The van der Waals surface area contributed by atoms with Gasteiger partial charge in [0.2, 0.25) is 0 Å². The molecule has 2 rings (SSSR count). The van der Waals surface area contributed by atoms with Crippen LogP contribution in [0.1, 0.15) is 32.4 Å². The van der Waals surface area contributed by atoms with E-state index in [0.717, 1.165) is 5.56 Å². The Morgan fingerprint density at radius 3 is 2.38 bits per heavy atom. The first-order valence-electron chi connectivity index (χ1n) is 5.20. The molecule has 1 heterocycles. The van der Waals surface area contributed by atoms with Gasteiger partial charge in [0.1, 0.15) is 6.10 Å². The summed E-state index contributed by atoms with van der Waals surface area (Å²) in [5.41, 5.74) is 0.921. The van der Waals surface area contributed by atoms with Gasteiger partial charge in [-0.3, -0.25) is 0 Å². The van der Waals surface area contributed by atoms with Crippen LogP contribution in [0, 0.1) is 0 Å². The average molecular weight is 261 g/mol. The lowest BCUT2D eigenvalue weighted by Gasteiger charge is -2.17. The Bertz CT molecular complexity index is 404. The molecule has 0 radical (unpaired) electrons. The van der Waals surface area contributed by atoms with Crippen LogP contribution in [-0.4, -0.2) is 11.9 Å². The maximum Gasteiger partial charge on any atom is 0.164 e. The molecule has 0 aromatic heterocycles. The van der Waals surface area contributed by atoms with Gasteiger partial charge < -0.3 is 9.47 Å². The van der Waals surface area contributed by atoms with Gasteiger partial charge in [-0.15, -0.1) is 0 Å². The van der Waals surface area contributed by atoms with Crippen LogP contribution in [-0.2, 0) is 9.47 Å². The minimum absolute atomic E-state index is 0.0197. The molecule has 0 saturated carbocycles. The van der Waals surface area contributed by atoms with Crippen LogP contribution >= 0.6 is 23.2 Å². The molecule has 1 fully saturated rings. The summed E-state index contributed by atoms with van der Waals surface area (Å²) in [5, 5.41) is 1.24. The van der Waals surface area contributed by atoms with E-state index in [0.29, 0.717) is 10.0 Å². The normalized spacial score (nSPS) is 28.3. The van der Waals surface area contributed by atoms with E-state index in [9.17, 15) is 0 Å². The lowest BCUT2D eigenvalue weighted by atomic mass is 10.1. The Labute approximate surface area is 105 Å². The second kappa shape index (κ2) is 4.19. The third-order valence-corrected chi connectivity index (χ3v) is 3.14. The Morgan fingerprint density at radius 1 is 1.19 bits per heavy atom. The lowest BCUT2D eigenvalue weighted by Crippen LogP contribution is -2.20.